The maximum absolute atomic E-state index is 3.42. The minimum Gasteiger partial charge on any atom is -0.417 e. The van der Waals surface area contributed by atoms with Gasteiger partial charge in [0.25, 0.3) is 0 Å². The SMILES string of the molecule is C/C=C\N[Si](C)(C)CC. The molecule has 0 aromatic carbocycles. The van der Waals surface area contributed by atoms with Gasteiger partial charge in [0.05, 0.1) is 0 Å². The van der Waals surface area contributed by atoms with Crippen molar-refractivity contribution >= 4 is 8.24 Å². The van der Waals surface area contributed by atoms with Gasteiger partial charge < -0.3 is 4.98 Å². The Morgan fingerprint density at radius 2 is 2.00 bits per heavy atom. The zero-order chi connectivity index (χ0) is 7.33. The maximum Gasteiger partial charge on any atom is 0.146 e. The Labute approximate surface area is 59.3 Å². The summed E-state index contributed by atoms with van der Waals surface area (Å²) in [6.07, 6.45) is 4.10. The van der Waals surface area contributed by atoms with E-state index in [-0.39, 0.29) is 0 Å². The highest BCUT2D eigenvalue weighted by Gasteiger charge is 2.14. The predicted octanol–water partition coefficient (Wildman–Crippen LogP) is 2.33. The summed E-state index contributed by atoms with van der Waals surface area (Å²) in [6.45, 7) is 8.93. The zero-order valence-electron chi connectivity index (χ0n) is 6.86. The van der Waals surface area contributed by atoms with Crippen LogP contribution >= 0.6 is 0 Å². The highest BCUT2D eigenvalue weighted by Crippen LogP contribution is 2.02. The molecule has 0 spiro atoms. The van der Waals surface area contributed by atoms with Gasteiger partial charge >= 0.3 is 0 Å². The lowest BCUT2D eigenvalue weighted by Gasteiger charge is -2.19. The molecule has 0 amide bonds. The van der Waals surface area contributed by atoms with Crippen molar-refractivity contribution in [2.24, 2.45) is 0 Å². The van der Waals surface area contributed by atoms with Gasteiger partial charge in [-0.25, -0.2) is 0 Å². The summed E-state index contributed by atoms with van der Waals surface area (Å²) in [6, 6.07) is 1.29. The van der Waals surface area contributed by atoms with Crippen molar-refractivity contribution < 1.29 is 0 Å². The molecule has 0 aromatic heterocycles. The molecule has 0 fully saturated rings. The molecule has 0 aliphatic heterocycles. The second-order valence-electron chi connectivity index (χ2n) is 2.88. The highest BCUT2D eigenvalue weighted by molar-refractivity contribution is 6.75. The van der Waals surface area contributed by atoms with Crippen LogP contribution in [0.2, 0.25) is 19.1 Å². The summed E-state index contributed by atoms with van der Waals surface area (Å²) >= 11 is 0. The Kier molecular flexibility index (Phi) is 3.62. The van der Waals surface area contributed by atoms with Gasteiger partial charge in [-0.15, -0.1) is 0 Å². The topological polar surface area (TPSA) is 12.0 Å². The van der Waals surface area contributed by atoms with Crippen molar-refractivity contribution in [2.45, 2.75) is 33.0 Å². The molecule has 9 heavy (non-hydrogen) atoms. The van der Waals surface area contributed by atoms with Crippen LogP contribution in [0.25, 0.3) is 0 Å². The van der Waals surface area contributed by atoms with Crippen molar-refractivity contribution in [3.63, 3.8) is 0 Å². The third-order valence-electron chi connectivity index (χ3n) is 1.52. The van der Waals surface area contributed by atoms with Crippen molar-refractivity contribution in [1.29, 1.82) is 0 Å². The second kappa shape index (κ2) is 3.72. The smallest absolute Gasteiger partial charge is 0.146 e. The summed E-state index contributed by atoms with van der Waals surface area (Å²) in [5, 5.41) is 0. The Morgan fingerprint density at radius 3 is 2.33 bits per heavy atom. The average Bonchev–Trinajstić information content (AvgIpc) is 1.84. The third kappa shape index (κ3) is 4.27. The lowest BCUT2D eigenvalue weighted by Crippen LogP contribution is -2.39. The molecule has 0 atom stereocenters. The van der Waals surface area contributed by atoms with Crippen LogP contribution in [0.15, 0.2) is 12.3 Å². The highest BCUT2D eigenvalue weighted by atomic mass is 28.3. The van der Waals surface area contributed by atoms with E-state index in [0.717, 1.165) is 0 Å². The first-order valence-electron chi connectivity index (χ1n) is 3.51. The van der Waals surface area contributed by atoms with Crippen LogP contribution in [0.3, 0.4) is 0 Å². The number of hydrogen-bond acceptors (Lipinski definition) is 1. The van der Waals surface area contributed by atoms with E-state index in [0.29, 0.717) is 0 Å². The summed E-state index contributed by atoms with van der Waals surface area (Å²) < 4.78 is 0. The molecule has 2 heteroatoms. The van der Waals surface area contributed by atoms with Gasteiger partial charge in [-0.05, 0) is 19.2 Å². The van der Waals surface area contributed by atoms with Crippen molar-refractivity contribution in [2.75, 3.05) is 0 Å². The van der Waals surface area contributed by atoms with Crippen molar-refractivity contribution in [1.82, 2.24) is 4.98 Å². The molecule has 0 saturated heterocycles. The monoisotopic (exact) mass is 143 g/mol. The molecular formula is C7H17NSi. The van der Waals surface area contributed by atoms with Gasteiger partial charge in [-0.3, -0.25) is 0 Å². The second-order valence-corrected chi connectivity index (χ2v) is 7.65. The number of rotatable bonds is 3. The largest absolute Gasteiger partial charge is 0.417 e. The first kappa shape index (κ1) is 8.76. The Balaban J connectivity index is 3.58. The Hall–Kier alpha value is -0.243. The van der Waals surface area contributed by atoms with Gasteiger partial charge in [-0.1, -0.05) is 26.1 Å². The molecule has 0 aliphatic carbocycles. The van der Waals surface area contributed by atoms with E-state index < -0.39 is 8.24 Å². The number of hydrogen-bond donors (Lipinski definition) is 1. The lowest BCUT2D eigenvalue weighted by molar-refractivity contribution is 1.17. The number of allylic oxidation sites excluding steroid dienone is 1. The van der Waals surface area contributed by atoms with Crippen LogP contribution in [0, 0.1) is 0 Å². The lowest BCUT2D eigenvalue weighted by atomic mass is 10.7. The van der Waals surface area contributed by atoms with Crippen LogP contribution in [-0.4, -0.2) is 8.24 Å². The molecule has 1 nitrogen and oxygen atoms in total. The minimum atomic E-state index is -1.04. The average molecular weight is 143 g/mol. The summed E-state index contributed by atoms with van der Waals surface area (Å²) in [4.78, 5) is 3.42. The minimum absolute atomic E-state index is 1.04. The predicted molar refractivity (Wildman–Crippen MR) is 45.9 cm³/mol. The standard InChI is InChI=1S/C7H17NSi/c1-5-7-8-9(3,4)6-2/h5,7-8H,6H2,1-4H3/b7-5-. The molecular weight excluding hydrogens is 126 g/mol. The van der Waals surface area contributed by atoms with Crippen LogP contribution in [0.5, 0.6) is 0 Å². The van der Waals surface area contributed by atoms with Crippen LogP contribution in [0.4, 0.5) is 0 Å². The summed E-state index contributed by atoms with van der Waals surface area (Å²) in [7, 11) is -1.04. The van der Waals surface area contributed by atoms with Gasteiger partial charge in [-0.2, -0.15) is 0 Å². The van der Waals surface area contributed by atoms with E-state index in [9.17, 15) is 0 Å². The zero-order valence-corrected chi connectivity index (χ0v) is 7.86. The molecule has 1 N–H and O–H groups in total. The van der Waals surface area contributed by atoms with Crippen LogP contribution < -0.4 is 4.98 Å². The fourth-order valence-corrected chi connectivity index (χ4v) is 1.23. The van der Waals surface area contributed by atoms with E-state index in [1.807, 2.05) is 13.0 Å². The van der Waals surface area contributed by atoms with E-state index in [1.165, 1.54) is 6.04 Å². The first-order chi connectivity index (χ1) is 4.12. The van der Waals surface area contributed by atoms with E-state index >= 15 is 0 Å². The van der Waals surface area contributed by atoms with Gasteiger partial charge in [0.1, 0.15) is 8.24 Å². The van der Waals surface area contributed by atoms with Gasteiger partial charge in [0.15, 0.2) is 0 Å². The molecule has 0 rings (SSSR count). The Morgan fingerprint density at radius 1 is 1.44 bits per heavy atom. The molecule has 0 unspecified atom stereocenters. The van der Waals surface area contributed by atoms with Gasteiger partial charge in [0, 0.05) is 0 Å². The fourth-order valence-electron chi connectivity index (χ4n) is 0.411. The first-order valence-corrected chi connectivity index (χ1v) is 6.72. The molecule has 0 aromatic rings. The summed E-state index contributed by atoms with van der Waals surface area (Å²) in [5.41, 5.74) is 0. The van der Waals surface area contributed by atoms with Crippen LogP contribution in [0.1, 0.15) is 13.8 Å². The molecule has 0 saturated carbocycles. The number of nitrogens with one attached hydrogen (secondary N) is 1. The van der Waals surface area contributed by atoms with E-state index in [2.05, 4.69) is 31.2 Å². The van der Waals surface area contributed by atoms with Crippen LogP contribution in [-0.2, 0) is 0 Å². The normalized spacial score (nSPS) is 12.4. The Bertz CT molecular complexity index is 97.1. The van der Waals surface area contributed by atoms with E-state index in [1.54, 1.807) is 0 Å². The van der Waals surface area contributed by atoms with Crippen molar-refractivity contribution in [3.8, 4) is 0 Å². The quantitative estimate of drug-likeness (QED) is 0.598. The molecule has 0 radical (unpaired) electrons. The van der Waals surface area contributed by atoms with Gasteiger partial charge in [0.2, 0.25) is 0 Å². The molecule has 54 valence electrons. The fraction of sp³-hybridized carbons (Fsp3) is 0.714. The maximum atomic E-state index is 3.42. The summed E-state index contributed by atoms with van der Waals surface area (Å²) in [5.74, 6) is 0. The third-order valence-corrected chi connectivity index (χ3v) is 4.24. The van der Waals surface area contributed by atoms with E-state index in [4.69, 9.17) is 0 Å². The molecule has 0 aliphatic rings. The molecule has 0 bridgehead atoms. The van der Waals surface area contributed by atoms with Crippen molar-refractivity contribution in [3.05, 3.63) is 12.3 Å². The molecule has 0 heterocycles.